The van der Waals surface area contributed by atoms with E-state index in [2.05, 4.69) is 27.8 Å². The maximum Gasteiger partial charge on any atom is 0.321 e. The zero-order valence-corrected chi connectivity index (χ0v) is 12.0. The Morgan fingerprint density at radius 2 is 2.10 bits per heavy atom. The van der Waals surface area contributed by atoms with Crippen LogP contribution in [0.4, 0.5) is 9.93 Å². The van der Waals surface area contributed by atoms with Crippen LogP contribution in [0.2, 0.25) is 0 Å². The third-order valence-electron chi connectivity index (χ3n) is 2.72. The van der Waals surface area contributed by atoms with E-state index >= 15 is 0 Å². The highest BCUT2D eigenvalue weighted by Gasteiger charge is 2.10. The molecule has 0 bridgehead atoms. The quantitative estimate of drug-likeness (QED) is 0.790. The molecular weight excluding hydrogens is 274 g/mol. The number of urea groups is 1. The second-order valence-corrected chi connectivity index (χ2v) is 5.49. The van der Waals surface area contributed by atoms with Crippen LogP contribution in [0.3, 0.4) is 0 Å². The lowest BCUT2D eigenvalue weighted by molar-refractivity contribution is 0.245. The molecule has 1 heterocycles. The highest BCUT2D eigenvalue weighted by Crippen LogP contribution is 2.24. The Bertz CT molecular complexity index is 569. The molecule has 0 aliphatic rings. The number of anilines is 1. The SMILES string of the molecule is Cc1sc(NC(=O)NCCO)nc1Cc1ccccc1. The number of aliphatic hydroxyl groups is 1. The number of aromatic nitrogens is 1. The second-order valence-electron chi connectivity index (χ2n) is 4.29. The van der Waals surface area contributed by atoms with E-state index in [0.717, 1.165) is 17.0 Å². The molecule has 106 valence electrons. The summed E-state index contributed by atoms with van der Waals surface area (Å²) in [6, 6.07) is 9.74. The molecule has 0 fully saturated rings. The van der Waals surface area contributed by atoms with Gasteiger partial charge in [-0.2, -0.15) is 0 Å². The lowest BCUT2D eigenvalue weighted by atomic mass is 10.1. The van der Waals surface area contributed by atoms with Crippen molar-refractivity contribution in [1.82, 2.24) is 10.3 Å². The van der Waals surface area contributed by atoms with E-state index in [9.17, 15) is 4.79 Å². The number of hydrogen-bond acceptors (Lipinski definition) is 4. The summed E-state index contributed by atoms with van der Waals surface area (Å²) in [6.07, 6.45) is 0.753. The van der Waals surface area contributed by atoms with Crippen LogP contribution in [-0.4, -0.2) is 29.3 Å². The van der Waals surface area contributed by atoms with Crippen molar-refractivity contribution in [3.8, 4) is 0 Å². The Balaban J connectivity index is 2.00. The van der Waals surface area contributed by atoms with Gasteiger partial charge in [-0.1, -0.05) is 30.3 Å². The van der Waals surface area contributed by atoms with Gasteiger partial charge in [-0.25, -0.2) is 9.78 Å². The lowest BCUT2D eigenvalue weighted by Crippen LogP contribution is -2.30. The number of amides is 2. The predicted octanol–water partition coefficient (Wildman–Crippen LogP) is 2.16. The number of aryl methyl sites for hydroxylation is 1. The molecule has 0 unspecified atom stereocenters. The fourth-order valence-electron chi connectivity index (χ4n) is 1.75. The van der Waals surface area contributed by atoms with E-state index in [4.69, 9.17) is 5.11 Å². The summed E-state index contributed by atoms with van der Waals surface area (Å²) in [5.41, 5.74) is 2.16. The predicted molar refractivity (Wildman–Crippen MR) is 80.2 cm³/mol. The minimum absolute atomic E-state index is 0.0798. The molecule has 2 aromatic rings. The van der Waals surface area contributed by atoms with E-state index in [0.29, 0.717) is 5.13 Å². The van der Waals surface area contributed by atoms with Gasteiger partial charge in [-0.3, -0.25) is 5.32 Å². The molecule has 5 nitrogen and oxygen atoms in total. The summed E-state index contributed by atoms with van der Waals surface area (Å²) in [5.74, 6) is 0. The molecule has 1 aromatic carbocycles. The number of rotatable bonds is 5. The minimum atomic E-state index is -0.348. The van der Waals surface area contributed by atoms with Gasteiger partial charge in [0.15, 0.2) is 5.13 Å². The van der Waals surface area contributed by atoms with Crippen molar-refractivity contribution < 1.29 is 9.90 Å². The zero-order chi connectivity index (χ0) is 14.4. The standard InChI is InChI=1S/C14H17N3O2S/c1-10-12(9-11-5-3-2-4-6-11)16-14(20-10)17-13(19)15-7-8-18/h2-6,18H,7-9H2,1H3,(H2,15,16,17,19). The van der Waals surface area contributed by atoms with Crippen molar-refractivity contribution in [1.29, 1.82) is 0 Å². The molecule has 0 aliphatic carbocycles. The Hall–Kier alpha value is -1.92. The number of carbonyl (C=O) groups excluding carboxylic acids is 1. The van der Waals surface area contributed by atoms with Crippen molar-refractivity contribution in [2.75, 3.05) is 18.5 Å². The summed E-state index contributed by atoms with van der Waals surface area (Å²) in [5, 5.41) is 14.4. The van der Waals surface area contributed by atoms with Gasteiger partial charge >= 0.3 is 6.03 Å². The van der Waals surface area contributed by atoms with Crippen molar-refractivity contribution in [2.45, 2.75) is 13.3 Å². The Kier molecular flexibility index (Phi) is 5.09. The number of hydrogen-bond donors (Lipinski definition) is 3. The largest absolute Gasteiger partial charge is 0.395 e. The monoisotopic (exact) mass is 291 g/mol. The van der Waals surface area contributed by atoms with Crippen LogP contribution in [-0.2, 0) is 6.42 Å². The van der Waals surface area contributed by atoms with Crippen LogP contribution in [0.15, 0.2) is 30.3 Å². The number of nitrogens with zero attached hydrogens (tertiary/aromatic N) is 1. The topological polar surface area (TPSA) is 74.2 Å². The second kappa shape index (κ2) is 7.02. The van der Waals surface area contributed by atoms with Gasteiger partial charge in [0, 0.05) is 17.8 Å². The third-order valence-corrected chi connectivity index (χ3v) is 3.65. The van der Waals surface area contributed by atoms with Crippen molar-refractivity contribution in [2.24, 2.45) is 0 Å². The number of benzene rings is 1. The molecule has 0 aliphatic heterocycles. The van der Waals surface area contributed by atoms with Gasteiger partial charge in [0.1, 0.15) is 0 Å². The van der Waals surface area contributed by atoms with Gasteiger partial charge < -0.3 is 10.4 Å². The first-order valence-electron chi connectivity index (χ1n) is 6.35. The average molecular weight is 291 g/mol. The van der Waals surface area contributed by atoms with Crippen molar-refractivity contribution >= 4 is 22.5 Å². The van der Waals surface area contributed by atoms with Crippen LogP contribution < -0.4 is 10.6 Å². The lowest BCUT2D eigenvalue weighted by Gasteiger charge is -2.02. The van der Waals surface area contributed by atoms with E-state index in [1.165, 1.54) is 16.9 Å². The summed E-state index contributed by atoms with van der Waals surface area (Å²) in [4.78, 5) is 17.0. The number of carbonyl (C=O) groups is 1. The molecule has 2 rings (SSSR count). The van der Waals surface area contributed by atoms with Crippen molar-refractivity contribution in [3.63, 3.8) is 0 Å². The molecule has 2 amide bonds. The molecule has 20 heavy (non-hydrogen) atoms. The Labute approximate surface area is 121 Å². The molecule has 0 radical (unpaired) electrons. The first-order chi connectivity index (χ1) is 9.69. The Morgan fingerprint density at radius 1 is 1.35 bits per heavy atom. The maximum atomic E-state index is 11.5. The fraction of sp³-hybridized carbons (Fsp3) is 0.286. The van der Waals surface area contributed by atoms with E-state index < -0.39 is 0 Å². The van der Waals surface area contributed by atoms with Gasteiger partial charge in [-0.15, -0.1) is 11.3 Å². The Morgan fingerprint density at radius 3 is 2.80 bits per heavy atom. The molecular formula is C14H17N3O2S. The highest BCUT2D eigenvalue weighted by molar-refractivity contribution is 7.15. The average Bonchev–Trinajstić information content (AvgIpc) is 2.77. The van der Waals surface area contributed by atoms with Crippen molar-refractivity contribution in [3.05, 3.63) is 46.5 Å². The molecule has 0 spiro atoms. The van der Waals surface area contributed by atoms with E-state index in [-0.39, 0.29) is 19.2 Å². The van der Waals surface area contributed by atoms with Crippen LogP contribution in [0, 0.1) is 6.92 Å². The first-order valence-corrected chi connectivity index (χ1v) is 7.16. The summed E-state index contributed by atoms with van der Waals surface area (Å²) in [7, 11) is 0. The van der Waals surface area contributed by atoms with Crippen LogP contribution in [0.5, 0.6) is 0 Å². The first kappa shape index (κ1) is 14.5. The summed E-state index contributed by atoms with van der Waals surface area (Å²) in [6.45, 7) is 2.14. The maximum absolute atomic E-state index is 11.5. The van der Waals surface area contributed by atoms with Gasteiger partial charge in [0.25, 0.3) is 0 Å². The molecule has 0 saturated heterocycles. The van der Waals surface area contributed by atoms with E-state index in [1.54, 1.807) is 0 Å². The zero-order valence-electron chi connectivity index (χ0n) is 11.2. The number of aliphatic hydroxyl groups excluding tert-OH is 1. The normalized spacial score (nSPS) is 10.3. The highest BCUT2D eigenvalue weighted by atomic mass is 32.1. The van der Waals surface area contributed by atoms with Gasteiger partial charge in [0.05, 0.1) is 12.3 Å². The molecule has 6 heteroatoms. The number of thiazole rings is 1. The van der Waals surface area contributed by atoms with Gasteiger partial charge in [-0.05, 0) is 12.5 Å². The van der Waals surface area contributed by atoms with Crippen LogP contribution in [0.1, 0.15) is 16.1 Å². The van der Waals surface area contributed by atoms with Gasteiger partial charge in [0.2, 0.25) is 0 Å². The van der Waals surface area contributed by atoms with Crippen LogP contribution >= 0.6 is 11.3 Å². The number of nitrogens with one attached hydrogen (secondary N) is 2. The minimum Gasteiger partial charge on any atom is -0.395 e. The van der Waals surface area contributed by atoms with Crippen LogP contribution in [0.25, 0.3) is 0 Å². The molecule has 0 saturated carbocycles. The fourth-order valence-corrected chi connectivity index (χ4v) is 2.57. The molecule has 0 atom stereocenters. The smallest absolute Gasteiger partial charge is 0.321 e. The van der Waals surface area contributed by atoms with E-state index in [1.807, 2.05) is 25.1 Å². The molecule has 3 N–H and O–H groups in total. The molecule has 1 aromatic heterocycles. The summed E-state index contributed by atoms with van der Waals surface area (Å²) >= 11 is 1.45. The third kappa shape index (κ3) is 4.04. The summed E-state index contributed by atoms with van der Waals surface area (Å²) < 4.78 is 0.